The Balaban J connectivity index is 1.93. The van der Waals surface area contributed by atoms with Gasteiger partial charge in [-0.3, -0.25) is 9.98 Å². The number of ether oxygens (including phenoxy) is 1. The molecular formula is C22H20N2O3. The van der Waals surface area contributed by atoms with E-state index >= 15 is 0 Å². The lowest BCUT2D eigenvalue weighted by Crippen LogP contribution is -1.94. The summed E-state index contributed by atoms with van der Waals surface area (Å²) in [5.74, 6) is 0.848. The highest BCUT2D eigenvalue weighted by Crippen LogP contribution is 2.30. The summed E-state index contributed by atoms with van der Waals surface area (Å²) in [5.41, 5.74) is 3.25. The predicted octanol–water partition coefficient (Wildman–Crippen LogP) is 5.00. The van der Waals surface area contributed by atoms with Gasteiger partial charge in [0.05, 0.1) is 18.5 Å². The van der Waals surface area contributed by atoms with Crippen molar-refractivity contribution in [2.75, 3.05) is 7.11 Å². The standard InChI is InChI=1S/C22H20N2O3/c1-15(18-7-3-6-10-21(18)25)24-20-9-5-4-8-19(20)23-14-16-11-12-17(27-2)13-22(16)26/h3-14,25-26H,1-2H3. The molecule has 0 amide bonds. The molecule has 0 aliphatic carbocycles. The Labute approximate surface area is 157 Å². The second-order valence-electron chi connectivity index (χ2n) is 5.89. The number of hydrogen-bond acceptors (Lipinski definition) is 5. The molecule has 0 spiro atoms. The van der Waals surface area contributed by atoms with E-state index in [0.717, 1.165) is 0 Å². The Kier molecular flexibility index (Phi) is 5.52. The minimum Gasteiger partial charge on any atom is -0.507 e. The van der Waals surface area contributed by atoms with E-state index in [9.17, 15) is 10.2 Å². The molecule has 0 radical (unpaired) electrons. The van der Waals surface area contributed by atoms with Crippen molar-refractivity contribution < 1.29 is 14.9 Å². The van der Waals surface area contributed by atoms with Gasteiger partial charge in [0.15, 0.2) is 0 Å². The molecule has 0 bridgehead atoms. The number of benzene rings is 3. The molecule has 0 unspecified atom stereocenters. The number of phenolic OH excluding ortho intramolecular Hbond substituents is 2. The van der Waals surface area contributed by atoms with Crippen LogP contribution in [-0.2, 0) is 0 Å². The SMILES string of the molecule is COc1ccc(C=Nc2ccccc2N=C(C)c2ccccc2O)c(O)c1. The van der Waals surface area contributed by atoms with Crippen molar-refractivity contribution >= 4 is 23.3 Å². The average Bonchev–Trinajstić information content (AvgIpc) is 2.68. The topological polar surface area (TPSA) is 74.4 Å². The van der Waals surface area contributed by atoms with Crippen LogP contribution in [0.15, 0.2) is 76.7 Å². The van der Waals surface area contributed by atoms with Gasteiger partial charge in [-0.2, -0.15) is 0 Å². The van der Waals surface area contributed by atoms with Crippen molar-refractivity contribution in [1.82, 2.24) is 0 Å². The number of para-hydroxylation sites is 3. The molecule has 0 saturated heterocycles. The molecule has 0 heterocycles. The van der Waals surface area contributed by atoms with Gasteiger partial charge in [0, 0.05) is 29.1 Å². The van der Waals surface area contributed by atoms with Crippen LogP contribution in [0.5, 0.6) is 17.2 Å². The lowest BCUT2D eigenvalue weighted by molar-refractivity contribution is 0.407. The van der Waals surface area contributed by atoms with Crippen LogP contribution in [0.3, 0.4) is 0 Å². The number of methoxy groups -OCH3 is 1. The molecule has 3 aromatic carbocycles. The third kappa shape index (κ3) is 4.33. The van der Waals surface area contributed by atoms with Crippen molar-refractivity contribution in [3.63, 3.8) is 0 Å². The maximum absolute atomic E-state index is 10.1. The highest BCUT2D eigenvalue weighted by Gasteiger charge is 2.06. The predicted molar refractivity (Wildman–Crippen MR) is 108 cm³/mol. The summed E-state index contributed by atoms with van der Waals surface area (Å²) in [6.07, 6.45) is 1.58. The first-order valence-electron chi connectivity index (χ1n) is 8.42. The molecule has 3 rings (SSSR count). The summed E-state index contributed by atoms with van der Waals surface area (Å²) in [5, 5.41) is 20.1. The Morgan fingerprint density at radius 1 is 0.889 bits per heavy atom. The van der Waals surface area contributed by atoms with E-state index in [0.29, 0.717) is 34.0 Å². The molecule has 0 aromatic heterocycles. The second kappa shape index (κ2) is 8.19. The van der Waals surface area contributed by atoms with E-state index in [-0.39, 0.29) is 11.5 Å². The summed E-state index contributed by atoms with van der Waals surface area (Å²) < 4.78 is 5.08. The van der Waals surface area contributed by atoms with Crippen molar-refractivity contribution in [2.45, 2.75) is 6.92 Å². The van der Waals surface area contributed by atoms with Gasteiger partial charge in [-0.25, -0.2) is 0 Å². The molecule has 0 aliphatic heterocycles. The van der Waals surface area contributed by atoms with E-state index < -0.39 is 0 Å². The lowest BCUT2D eigenvalue weighted by atomic mass is 10.1. The summed E-state index contributed by atoms with van der Waals surface area (Å²) in [7, 11) is 1.55. The van der Waals surface area contributed by atoms with Gasteiger partial charge in [0.25, 0.3) is 0 Å². The van der Waals surface area contributed by atoms with E-state index in [2.05, 4.69) is 9.98 Å². The van der Waals surface area contributed by atoms with Gasteiger partial charge in [-0.05, 0) is 43.3 Å². The Bertz CT molecular complexity index is 1010. The summed E-state index contributed by atoms with van der Waals surface area (Å²) in [6, 6.07) is 19.5. The van der Waals surface area contributed by atoms with Gasteiger partial charge in [-0.1, -0.05) is 24.3 Å². The zero-order valence-electron chi connectivity index (χ0n) is 15.1. The maximum Gasteiger partial charge on any atom is 0.128 e. The lowest BCUT2D eigenvalue weighted by Gasteiger charge is -2.06. The molecular weight excluding hydrogens is 340 g/mol. The third-order valence-electron chi connectivity index (χ3n) is 4.04. The zero-order chi connectivity index (χ0) is 19.2. The fourth-order valence-electron chi connectivity index (χ4n) is 2.59. The van der Waals surface area contributed by atoms with Crippen molar-refractivity contribution in [2.24, 2.45) is 9.98 Å². The van der Waals surface area contributed by atoms with E-state index in [1.807, 2.05) is 43.3 Å². The Hall–Kier alpha value is -3.60. The van der Waals surface area contributed by atoms with E-state index in [1.54, 1.807) is 37.6 Å². The molecule has 3 aromatic rings. The summed E-state index contributed by atoms with van der Waals surface area (Å²) in [6.45, 7) is 1.84. The number of phenols is 2. The molecule has 5 heteroatoms. The molecule has 0 aliphatic rings. The smallest absolute Gasteiger partial charge is 0.128 e. The first kappa shape index (κ1) is 18.2. The van der Waals surface area contributed by atoms with E-state index in [4.69, 9.17) is 4.74 Å². The monoisotopic (exact) mass is 360 g/mol. The highest BCUT2D eigenvalue weighted by molar-refractivity contribution is 6.03. The van der Waals surface area contributed by atoms with Crippen LogP contribution < -0.4 is 4.74 Å². The second-order valence-corrected chi connectivity index (χ2v) is 5.89. The number of hydrogen-bond donors (Lipinski definition) is 2. The van der Waals surface area contributed by atoms with Crippen molar-refractivity contribution in [1.29, 1.82) is 0 Å². The van der Waals surface area contributed by atoms with Crippen molar-refractivity contribution in [3.05, 3.63) is 77.9 Å². The maximum atomic E-state index is 10.1. The van der Waals surface area contributed by atoms with E-state index in [1.165, 1.54) is 6.07 Å². The van der Waals surface area contributed by atoms with Gasteiger partial charge in [0.1, 0.15) is 17.2 Å². The average molecular weight is 360 g/mol. The molecule has 5 nitrogen and oxygen atoms in total. The van der Waals surface area contributed by atoms with Crippen LogP contribution in [0.25, 0.3) is 0 Å². The van der Waals surface area contributed by atoms with Crippen LogP contribution in [0.4, 0.5) is 11.4 Å². The molecule has 0 fully saturated rings. The zero-order valence-corrected chi connectivity index (χ0v) is 15.1. The molecule has 136 valence electrons. The van der Waals surface area contributed by atoms with Crippen molar-refractivity contribution in [3.8, 4) is 17.2 Å². The first-order valence-corrected chi connectivity index (χ1v) is 8.42. The van der Waals surface area contributed by atoms with Crippen LogP contribution in [0, 0.1) is 0 Å². The van der Waals surface area contributed by atoms with Crippen LogP contribution in [-0.4, -0.2) is 29.2 Å². The van der Waals surface area contributed by atoms with Crippen LogP contribution in [0.2, 0.25) is 0 Å². The van der Waals surface area contributed by atoms with Crippen LogP contribution in [0.1, 0.15) is 18.1 Å². The molecule has 27 heavy (non-hydrogen) atoms. The number of aliphatic imine (C=N–C) groups is 2. The van der Waals surface area contributed by atoms with Crippen LogP contribution >= 0.6 is 0 Å². The fourth-order valence-corrected chi connectivity index (χ4v) is 2.59. The van der Waals surface area contributed by atoms with Gasteiger partial charge in [0.2, 0.25) is 0 Å². The Morgan fingerprint density at radius 2 is 1.59 bits per heavy atom. The van der Waals surface area contributed by atoms with Gasteiger partial charge >= 0.3 is 0 Å². The normalized spacial score (nSPS) is 11.7. The minimum atomic E-state index is 0.0875. The number of nitrogens with zero attached hydrogens (tertiary/aromatic N) is 2. The summed E-state index contributed by atoms with van der Waals surface area (Å²) in [4.78, 5) is 9.08. The van der Waals surface area contributed by atoms with Gasteiger partial charge < -0.3 is 14.9 Å². The Morgan fingerprint density at radius 3 is 2.30 bits per heavy atom. The minimum absolute atomic E-state index is 0.0875. The van der Waals surface area contributed by atoms with Gasteiger partial charge in [-0.15, -0.1) is 0 Å². The molecule has 2 N–H and O–H groups in total. The summed E-state index contributed by atoms with van der Waals surface area (Å²) >= 11 is 0. The highest BCUT2D eigenvalue weighted by atomic mass is 16.5. The first-order chi connectivity index (χ1) is 13.1. The molecule has 0 saturated carbocycles. The number of aromatic hydroxyl groups is 2. The fraction of sp³-hybridized carbons (Fsp3) is 0.0909. The number of rotatable bonds is 5. The quantitative estimate of drug-likeness (QED) is 0.629. The molecule has 0 atom stereocenters. The largest absolute Gasteiger partial charge is 0.507 e. The third-order valence-corrected chi connectivity index (χ3v) is 4.04.